The Kier molecular flexibility index (Phi) is 10.1. The van der Waals surface area contributed by atoms with Gasteiger partial charge in [-0.25, -0.2) is 14.8 Å². The summed E-state index contributed by atoms with van der Waals surface area (Å²) < 4.78 is 0. The van der Waals surface area contributed by atoms with Crippen molar-refractivity contribution in [3.8, 4) is 0 Å². The summed E-state index contributed by atoms with van der Waals surface area (Å²) in [6.45, 7) is 7.27. The number of carbonyl (C=O) groups excluding carboxylic acids is 6. The van der Waals surface area contributed by atoms with E-state index in [4.69, 9.17) is 10.7 Å². The summed E-state index contributed by atoms with van der Waals surface area (Å²) in [5.41, 5.74) is 10.6. The average Bonchev–Trinajstić information content (AvgIpc) is 3.97. The Morgan fingerprint density at radius 1 is 0.787 bits per heavy atom. The molecule has 2 atom stereocenters. The fourth-order valence-electron chi connectivity index (χ4n) is 10.6. The Hall–Kier alpha value is -6.10. The minimum Gasteiger partial charge on any atom is -0.371 e. The van der Waals surface area contributed by atoms with E-state index in [1.54, 1.807) is 18.3 Å². The number of fused-ring (bicyclic) bond motifs is 2. The lowest BCUT2D eigenvalue weighted by Crippen LogP contribution is -2.54. The first kappa shape index (κ1) is 39.1. The number of hydrogen-bond acceptors (Lipinski definition) is 12. The highest BCUT2D eigenvalue weighted by molar-refractivity contribution is 6.23. The fourth-order valence-corrected chi connectivity index (χ4v) is 10.6. The third-order valence-electron chi connectivity index (χ3n) is 13.8. The summed E-state index contributed by atoms with van der Waals surface area (Å²) in [7, 11) is 0. The van der Waals surface area contributed by atoms with Gasteiger partial charge in [0.2, 0.25) is 11.8 Å². The molecular weight excluding hydrogens is 779 g/mol. The molecule has 10 rings (SSSR count). The van der Waals surface area contributed by atoms with Crippen molar-refractivity contribution in [1.29, 1.82) is 0 Å². The van der Waals surface area contributed by atoms with Crippen molar-refractivity contribution in [2.75, 3.05) is 67.5 Å². The number of rotatable bonds is 10. The van der Waals surface area contributed by atoms with E-state index in [1.807, 2.05) is 12.1 Å². The summed E-state index contributed by atoms with van der Waals surface area (Å²) in [5.74, 6) is -1.28. The molecular formula is C44H51N11O6. The number of carbonyl (C=O) groups is 6. The third kappa shape index (κ3) is 7.31. The number of primary amides is 1. The molecule has 17 nitrogen and oxygen atoms in total. The van der Waals surface area contributed by atoms with Gasteiger partial charge in [-0.3, -0.25) is 39.1 Å². The second-order valence-corrected chi connectivity index (χ2v) is 17.7. The Balaban J connectivity index is 0.746. The van der Waals surface area contributed by atoms with Crippen LogP contribution in [0.5, 0.6) is 0 Å². The quantitative estimate of drug-likeness (QED) is 0.253. The largest absolute Gasteiger partial charge is 0.371 e. The molecule has 2 aromatic carbocycles. The molecule has 0 spiro atoms. The Labute approximate surface area is 353 Å². The maximum atomic E-state index is 13.5. The van der Waals surface area contributed by atoms with E-state index in [0.29, 0.717) is 35.7 Å². The number of piperidine rings is 2. The smallest absolute Gasteiger partial charge is 0.320 e. The summed E-state index contributed by atoms with van der Waals surface area (Å²) >= 11 is 0. The predicted molar refractivity (Wildman–Crippen MR) is 224 cm³/mol. The normalized spacial score (nSPS) is 23.7. The van der Waals surface area contributed by atoms with Crippen LogP contribution in [0.1, 0.15) is 93.7 Å². The fraction of sp³-hybridized carbons (Fsp3) is 0.500. The van der Waals surface area contributed by atoms with Crippen LogP contribution in [-0.4, -0.2) is 136 Å². The SMILES string of the molecule is NC(=O)c1ncc(N2CCCC(N3CCN(C4CCCC4)C3=O)C2)nc1Nc1ccc2c(c1)CCN(CC1CN(c3ccc4c(c3)C(=O)N(C3CCC(=O)NC3=O)C4=O)C1)C2. The lowest BCUT2D eigenvalue weighted by atomic mass is 9.94. The average molecular weight is 830 g/mol. The van der Waals surface area contributed by atoms with Gasteiger partial charge in [0.25, 0.3) is 17.7 Å². The number of aromatic nitrogens is 2. The first-order valence-corrected chi connectivity index (χ1v) is 21.8. The number of nitrogens with one attached hydrogen (secondary N) is 2. The summed E-state index contributed by atoms with van der Waals surface area (Å²) in [6, 6.07) is 11.2. The first-order chi connectivity index (χ1) is 29.6. The molecule has 1 aliphatic carbocycles. The van der Waals surface area contributed by atoms with E-state index in [-0.39, 0.29) is 36.2 Å². The Bertz CT molecular complexity index is 2330. The molecule has 7 amide bonds. The minimum atomic E-state index is -0.984. The Morgan fingerprint density at radius 2 is 1.56 bits per heavy atom. The van der Waals surface area contributed by atoms with Gasteiger partial charge in [0.15, 0.2) is 11.5 Å². The number of nitrogens with zero attached hydrogens (tertiary/aromatic N) is 8. The van der Waals surface area contributed by atoms with Crippen LogP contribution < -0.4 is 26.2 Å². The van der Waals surface area contributed by atoms with Crippen molar-refractivity contribution in [1.82, 2.24) is 34.9 Å². The minimum absolute atomic E-state index is 0.0758. The molecule has 318 valence electrons. The van der Waals surface area contributed by atoms with Crippen molar-refractivity contribution in [2.45, 2.75) is 82.5 Å². The van der Waals surface area contributed by atoms with E-state index in [1.165, 1.54) is 24.0 Å². The van der Waals surface area contributed by atoms with Gasteiger partial charge in [0, 0.05) is 88.7 Å². The Morgan fingerprint density at radius 3 is 2.34 bits per heavy atom. The second kappa shape index (κ2) is 15.7. The highest BCUT2D eigenvalue weighted by Gasteiger charge is 2.45. The molecule has 7 heterocycles. The lowest BCUT2D eigenvalue weighted by molar-refractivity contribution is -0.136. The molecule has 0 radical (unpaired) electrons. The summed E-state index contributed by atoms with van der Waals surface area (Å²) in [6.07, 6.45) is 9.16. The van der Waals surface area contributed by atoms with Crippen LogP contribution in [0.3, 0.4) is 0 Å². The van der Waals surface area contributed by atoms with Crippen molar-refractivity contribution < 1.29 is 28.8 Å². The maximum absolute atomic E-state index is 13.5. The number of nitrogens with two attached hydrogens (primary N) is 1. The highest BCUT2D eigenvalue weighted by Crippen LogP contribution is 2.35. The van der Waals surface area contributed by atoms with Gasteiger partial charge in [-0.2, -0.15) is 0 Å². The zero-order valence-corrected chi connectivity index (χ0v) is 34.2. The van der Waals surface area contributed by atoms with E-state index in [0.717, 1.165) is 101 Å². The zero-order valence-electron chi connectivity index (χ0n) is 34.2. The number of hydrogen-bond donors (Lipinski definition) is 3. The van der Waals surface area contributed by atoms with Crippen molar-refractivity contribution in [3.05, 3.63) is 70.5 Å². The van der Waals surface area contributed by atoms with E-state index in [9.17, 15) is 28.8 Å². The molecule has 17 heteroatoms. The van der Waals surface area contributed by atoms with Gasteiger partial charge in [0.05, 0.1) is 23.4 Å². The lowest BCUT2D eigenvalue weighted by Gasteiger charge is -2.44. The highest BCUT2D eigenvalue weighted by atomic mass is 16.2. The van der Waals surface area contributed by atoms with Crippen LogP contribution in [0.15, 0.2) is 42.6 Å². The molecule has 5 fully saturated rings. The molecule has 4 saturated heterocycles. The zero-order chi connectivity index (χ0) is 41.9. The van der Waals surface area contributed by atoms with Crippen molar-refractivity contribution in [3.63, 3.8) is 0 Å². The van der Waals surface area contributed by atoms with E-state index in [2.05, 4.69) is 52.2 Å². The predicted octanol–water partition coefficient (Wildman–Crippen LogP) is 2.86. The van der Waals surface area contributed by atoms with Crippen molar-refractivity contribution in [2.24, 2.45) is 11.7 Å². The monoisotopic (exact) mass is 829 g/mol. The first-order valence-electron chi connectivity index (χ1n) is 21.8. The molecule has 2 unspecified atom stereocenters. The molecule has 1 saturated carbocycles. The molecule has 0 bridgehead atoms. The van der Waals surface area contributed by atoms with E-state index < -0.39 is 35.6 Å². The van der Waals surface area contributed by atoms with Gasteiger partial charge < -0.3 is 30.7 Å². The van der Waals surface area contributed by atoms with E-state index >= 15 is 0 Å². The molecule has 61 heavy (non-hydrogen) atoms. The topological polar surface area (TPSA) is 198 Å². The van der Waals surface area contributed by atoms with Gasteiger partial charge in [-0.05, 0) is 80.0 Å². The number of anilines is 4. The van der Waals surface area contributed by atoms with Crippen LogP contribution in [0, 0.1) is 5.92 Å². The molecule has 3 aromatic rings. The van der Waals surface area contributed by atoms with Gasteiger partial charge in [-0.15, -0.1) is 0 Å². The number of benzene rings is 2. The van der Waals surface area contributed by atoms with Crippen LogP contribution in [-0.2, 0) is 22.6 Å². The second-order valence-electron chi connectivity index (χ2n) is 17.7. The van der Waals surface area contributed by atoms with Gasteiger partial charge in [0.1, 0.15) is 11.9 Å². The number of imide groups is 2. The molecule has 4 N–H and O–H groups in total. The van der Waals surface area contributed by atoms with Gasteiger partial charge >= 0.3 is 6.03 Å². The number of urea groups is 1. The van der Waals surface area contributed by atoms with Crippen LogP contribution in [0.25, 0.3) is 0 Å². The van der Waals surface area contributed by atoms with Crippen LogP contribution >= 0.6 is 0 Å². The third-order valence-corrected chi connectivity index (χ3v) is 13.8. The van der Waals surface area contributed by atoms with Gasteiger partial charge in [-0.1, -0.05) is 18.9 Å². The maximum Gasteiger partial charge on any atom is 0.320 e. The number of amides is 7. The summed E-state index contributed by atoms with van der Waals surface area (Å²) in [5, 5.41) is 5.60. The molecule has 6 aliphatic heterocycles. The summed E-state index contributed by atoms with van der Waals surface area (Å²) in [4.78, 5) is 97.9. The molecule has 1 aromatic heterocycles. The van der Waals surface area contributed by atoms with Crippen LogP contribution in [0.2, 0.25) is 0 Å². The van der Waals surface area contributed by atoms with Crippen molar-refractivity contribution >= 4 is 58.6 Å². The molecule has 7 aliphatic rings. The van der Waals surface area contributed by atoms with Crippen LogP contribution in [0.4, 0.5) is 27.8 Å². The standard InChI is InChI=1S/C44H51N11O6/c45-39(57)38-40(48-36(20-46-38)51-14-3-6-32(25-51)54-17-16-53(44(54)61)30-4-1-2-5-30)47-29-8-7-28-24-50(15-13-27(28)18-29)21-26-22-52(23-26)31-9-10-33-34(19-31)43(60)55(42(33)59)35-11-12-37(56)49-41(35)58/h7-10,18-20,26,30,32,35H,1-6,11-17,21-25H2,(H2,45,57)(H,47,48)(H,49,56,58).